The Hall–Kier alpha value is -2.28. The smallest absolute Gasteiger partial charge is 0.272 e. The van der Waals surface area contributed by atoms with Crippen molar-refractivity contribution in [3.05, 3.63) is 34.6 Å². The van der Waals surface area contributed by atoms with Gasteiger partial charge in [0.2, 0.25) is 0 Å². The van der Waals surface area contributed by atoms with Gasteiger partial charge < -0.3 is 15.6 Å². The molecule has 3 N–H and O–H groups in total. The van der Waals surface area contributed by atoms with Crippen LogP contribution >= 0.6 is 0 Å². The van der Waals surface area contributed by atoms with Crippen molar-refractivity contribution in [3.63, 3.8) is 0 Å². The zero-order chi connectivity index (χ0) is 13.4. The van der Waals surface area contributed by atoms with Crippen LogP contribution in [-0.2, 0) is 0 Å². The van der Waals surface area contributed by atoms with Crippen LogP contribution in [0.4, 0.5) is 0 Å². The zero-order valence-corrected chi connectivity index (χ0v) is 10.2. The number of amides is 1. The summed E-state index contributed by atoms with van der Waals surface area (Å²) in [6.07, 6.45) is 3.54. The third kappa shape index (κ3) is 2.08. The first-order valence-corrected chi connectivity index (χ1v) is 6.03. The minimum Gasteiger partial charge on any atom is -0.336 e. The Labute approximate surface area is 108 Å². The van der Waals surface area contributed by atoms with Gasteiger partial charge in [0.05, 0.1) is 23.4 Å². The topological polar surface area (TPSA) is 105 Å². The van der Waals surface area contributed by atoms with Crippen molar-refractivity contribution in [2.24, 2.45) is 5.73 Å². The van der Waals surface area contributed by atoms with E-state index in [-0.39, 0.29) is 23.2 Å². The molecule has 1 atom stereocenters. The first-order chi connectivity index (χ1) is 9.15. The summed E-state index contributed by atoms with van der Waals surface area (Å²) < 4.78 is 0. The minimum atomic E-state index is -0.278. The van der Waals surface area contributed by atoms with Gasteiger partial charge in [-0.15, -0.1) is 0 Å². The number of H-pyrrole nitrogens is 1. The Morgan fingerprint density at radius 3 is 3.05 bits per heavy atom. The van der Waals surface area contributed by atoms with Crippen LogP contribution in [0.15, 0.2) is 23.4 Å². The van der Waals surface area contributed by atoms with Crippen LogP contribution in [0.2, 0.25) is 0 Å². The number of fused-ring (bicyclic) bond motifs is 1. The van der Waals surface area contributed by atoms with Gasteiger partial charge in [0, 0.05) is 19.1 Å². The number of pyridine rings is 1. The van der Waals surface area contributed by atoms with Crippen molar-refractivity contribution in [2.45, 2.75) is 12.5 Å². The third-order valence-electron chi connectivity index (χ3n) is 3.26. The van der Waals surface area contributed by atoms with Gasteiger partial charge in [-0.1, -0.05) is 0 Å². The summed E-state index contributed by atoms with van der Waals surface area (Å²) in [5.74, 6) is -0.196. The van der Waals surface area contributed by atoms with Crippen molar-refractivity contribution < 1.29 is 4.79 Å². The molecular weight excluding hydrogens is 246 g/mol. The lowest BCUT2D eigenvalue weighted by molar-refractivity contribution is 0.0785. The Morgan fingerprint density at radius 1 is 1.47 bits per heavy atom. The van der Waals surface area contributed by atoms with E-state index in [1.165, 1.54) is 18.6 Å². The average molecular weight is 259 g/mol. The number of likely N-dealkylation sites (tertiary alicyclic amines) is 1. The van der Waals surface area contributed by atoms with E-state index in [1.54, 1.807) is 4.90 Å². The quantitative estimate of drug-likeness (QED) is 0.717. The number of nitrogens with zero attached hydrogens (tertiary/aromatic N) is 3. The van der Waals surface area contributed by atoms with Crippen molar-refractivity contribution in [3.8, 4) is 0 Å². The molecule has 0 bridgehead atoms. The second-order valence-electron chi connectivity index (χ2n) is 4.62. The molecule has 1 aliphatic heterocycles. The van der Waals surface area contributed by atoms with Gasteiger partial charge in [-0.25, -0.2) is 9.97 Å². The van der Waals surface area contributed by atoms with E-state index >= 15 is 0 Å². The Bertz CT molecular complexity index is 696. The summed E-state index contributed by atoms with van der Waals surface area (Å²) in [7, 11) is 0. The molecule has 0 saturated carbocycles. The summed E-state index contributed by atoms with van der Waals surface area (Å²) >= 11 is 0. The number of hydrogen-bond acceptors (Lipinski definition) is 5. The average Bonchev–Trinajstić information content (AvgIpc) is 2.85. The molecule has 7 heteroatoms. The molecule has 1 amide bonds. The maximum absolute atomic E-state index is 12.2. The highest BCUT2D eigenvalue weighted by Gasteiger charge is 2.25. The lowest BCUT2D eigenvalue weighted by Crippen LogP contribution is -2.32. The van der Waals surface area contributed by atoms with Crippen molar-refractivity contribution in [1.82, 2.24) is 19.9 Å². The fourth-order valence-electron chi connectivity index (χ4n) is 2.22. The van der Waals surface area contributed by atoms with Gasteiger partial charge in [-0.05, 0) is 12.5 Å². The highest BCUT2D eigenvalue weighted by atomic mass is 16.2. The van der Waals surface area contributed by atoms with Gasteiger partial charge in [-0.3, -0.25) is 9.59 Å². The van der Waals surface area contributed by atoms with E-state index in [9.17, 15) is 9.59 Å². The number of carbonyl (C=O) groups is 1. The highest BCUT2D eigenvalue weighted by Crippen LogP contribution is 2.13. The van der Waals surface area contributed by atoms with Gasteiger partial charge in [0.1, 0.15) is 5.69 Å². The summed E-state index contributed by atoms with van der Waals surface area (Å²) in [6.45, 7) is 1.16. The molecule has 3 heterocycles. The Kier molecular flexibility index (Phi) is 2.75. The number of rotatable bonds is 1. The standard InChI is InChI=1S/C12H13N5O2/c13-7-1-2-17(5-7)12(19)9-3-8-10(4-14-9)15-6-16-11(8)18/h3-4,6-7H,1-2,5,13H2,(H,15,16,18)/t7-/m1/s1. The summed E-state index contributed by atoms with van der Waals surface area (Å²) in [4.78, 5) is 36.1. The van der Waals surface area contributed by atoms with E-state index < -0.39 is 0 Å². The largest absolute Gasteiger partial charge is 0.336 e. The fraction of sp³-hybridized carbons (Fsp3) is 0.333. The molecule has 1 saturated heterocycles. The number of aromatic nitrogens is 3. The molecule has 98 valence electrons. The molecule has 0 unspecified atom stereocenters. The molecule has 2 aromatic heterocycles. The van der Waals surface area contributed by atoms with Crippen LogP contribution in [0, 0.1) is 0 Å². The molecule has 1 fully saturated rings. The normalized spacial score (nSPS) is 19.0. The molecule has 2 aromatic rings. The van der Waals surface area contributed by atoms with Gasteiger partial charge in [0.25, 0.3) is 11.5 Å². The van der Waals surface area contributed by atoms with E-state index in [0.29, 0.717) is 24.0 Å². The minimum absolute atomic E-state index is 0.0227. The maximum atomic E-state index is 12.2. The summed E-state index contributed by atoms with van der Waals surface area (Å²) in [5.41, 5.74) is 6.22. The maximum Gasteiger partial charge on any atom is 0.272 e. The van der Waals surface area contributed by atoms with Crippen molar-refractivity contribution in [1.29, 1.82) is 0 Å². The number of hydrogen-bond donors (Lipinski definition) is 2. The second-order valence-corrected chi connectivity index (χ2v) is 4.62. The number of aromatic amines is 1. The summed E-state index contributed by atoms with van der Waals surface area (Å²) in [5, 5.41) is 0.365. The fourth-order valence-corrected chi connectivity index (χ4v) is 2.22. The lowest BCUT2D eigenvalue weighted by Gasteiger charge is -2.14. The predicted octanol–water partition coefficient (Wildman–Crippen LogP) is -0.509. The molecule has 0 spiro atoms. The number of nitrogens with one attached hydrogen (secondary N) is 1. The van der Waals surface area contributed by atoms with E-state index in [2.05, 4.69) is 15.0 Å². The molecule has 1 aliphatic rings. The molecule has 0 aromatic carbocycles. The molecule has 0 radical (unpaired) electrons. The van der Waals surface area contributed by atoms with E-state index in [1.807, 2.05) is 0 Å². The lowest BCUT2D eigenvalue weighted by atomic mass is 10.2. The Morgan fingerprint density at radius 2 is 2.32 bits per heavy atom. The van der Waals surface area contributed by atoms with Crippen LogP contribution < -0.4 is 11.3 Å². The third-order valence-corrected chi connectivity index (χ3v) is 3.26. The Balaban J connectivity index is 1.99. The number of nitrogens with two attached hydrogens (primary N) is 1. The van der Waals surface area contributed by atoms with E-state index in [0.717, 1.165) is 6.42 Å². The molecule has 0 aliphatic carbocycles. The van der Waals surface area contributed by atoms with Crippen LogP contribution in [0.1, 0.15) is 16.9 Å². The van der Waals surface area contributed by atoms with Crippen LogP contribution in [-0.4, -0.2) is 44.9 Å². The first kappa shape index (κ1) is 11.8. The van der Waals surface area contributed by atoms with Crippen LogP contribution in [0.25, 0.3) is 10.9 Å². The second kappa shape index (κ2) is 4.43. The summed E-state index contributed by atoms with van der Waals surface area (Å²) in [6, 6.07) is 1.50. The molecule has 19 heavy (non-hydrogen) atoms. The SMILES string of the molecule is N[C@@H]1CCN(C(=O)c2cc3c(=O)[nH]cnc3cn2)C1. The van der Waals surface area contributed by atoms with Gasteiger partial charge in [-0.2, -0.15) is 0 Å². The molecule has 7 nitrogen and oxygen atoms in total. The molecular formula is C12H13N5O2. The monoisotopic (exact) mass is 259 g/mol. The first-order valence-electron chi connectivity index (χ1n) is 6.03. The van der Waals surface area contributed by atoms with Crippen LogP contribution in [0.3, 0.4) is 0 Å². The van der Waals surface area contributed by atoms with Crippen molar-refractivity contribution >= 4 is 16.8 Å². The van der Waals surface area contributed by atoms with Gasteiger partial charge >= 0.3 is 0 Å². The van der Waals surface area contributed by atoms with E-state index in [4.69, 9.17) is 5.73 Å². The highest BCUT2D eigenvalue weighted by molar-refractivity contribution is 5.95. The predicted molar refractivity (Wildman–Crippen MR) is 68.7 cm³/mol. The zero-order valence-electron chi connectivity index (χ0n) is 10.2. The molecule has 3 rings (SSSR count). The number of carbonyl (C=O) groups excluding carboxylic acids is 1. The van der Waals surface area contributed by atoms with Gasteiger partial charge in [0.15, 0.2) is 0 Å². The van der Waals surface area contributed by atoms with Crippen molar-refractivity contribution in [2.75, 3.05) is 13.1 Å². The van der Waals surface area contributed by atoms with Crippen LogP contribution in [0.5, 0.6) is 0 Å².